The standard InChI is InChI=1S/C35H43FN4O4S/c1-5-9-33(35(42)38-30-16-14-29(36)15-17-30)37-23-31(20-25-10-7-6-8-11-25)39-34(41)28-19-26(12-13-27-18-24(27)2)21-32(22-28)40(3)45(4,43)44/h6-8,10-17,19,21-22,24,27,31,33,37H,5,9,18,20,23H2,1-4H3,(H,38,42)(H,39,41)/t24-,27-,31-,33-/m0/s1. The zero-order chi connectivity index (χ0) is 32.6. The van der Waals surface area contributed by atoms with E-state index in [1.807, 2.05) is 43.3 Å². The fourth-order valence-electron chi connectivity index (χ4n) is 5.09. The first kappa shape index (κ1) is 33.9. The van der Waals surface area contributed by atoms with Gasteiger partial charge < -0.3 is 16.0 Å². The van der Waals surface area contributed by atoms with Crippen molar-refractivity contribution < 1.29 is 22.4 Å². The number of rotatable bonds is 15. The van der Waals surface area contributed by atoms with Crippen molar-refractivity contribution in [3.05, 3.63) is 101 Å². The first-order valence-electron chi connectivity index (χ1n) is 15.3. The molecule has 3 aromatic rings. The Balaban J connectivity index is 1.55. The van der Waals surface area contributed by atoms with Crippen molar-refractivity contribution in [2.45, 2.75) is 51.6 Å². The molecule has 8 nitrogen and oxygen atoms in total. The zero-order valence-electron chi connectivity index (χ0n) is 26.3. The average Bonchev–Trinajstić information content (AvgIpc) is 3.73. The Hall–Kier alpha value is -4.02. The third-order valence-electron chi connectivity index (χ3n) is 8.05. The van der Waals surface area contributed by atoms with Crippen molar-refractivity contribution in [1.82, 2.24) is 10.6 Å². The number of hydrogen-bond acceptors (Lipinski definition) is 5. The van der Waals surface area contributed by atoms with E-state index >= 15 is 0 Å². The van der Waals surface area contributed by atoms with Gasteiger partial charge in [-0.3, -0.25) is 13.9 Å². The van der Waals surface area contributed by atoms with Crippen LogP contribution in [0.15, 0.2) is 78.9 Å². The van der Waals surface area contributed by atoms with Gasteiger partial charge in [-0.2, -0.15) is 0 Å². The van der Waals surface area contributed by atoms with Gasteiger partial charge in [0.1, 0.15) is 5.82 Å². The highest BCUT2D eigenvalue weighted by Crippen LogP contribution is 2.39. The van der Waals surface area contributed by atoms with E-state index in [1.165, 1.54) is 35.6 Å². The summed E-state index contributed by atoms with van der Waals surface area (Å²) in [5, 5.41) is 9.30. The summed E-state index contributed by atoms with van der Waals surface area (Å²) in [5.41, 5.74) is 2.99. The van der Waals surface area contributed by atoms with E-state index in [4.69, 9.17) is 0 Å². The number of benzene rings is 3. The van der Waals surface area contributed by atoms with Gasteiger partial charge in [0.05, 0.1) is 18.0 Å². The number of hydrogen-bond donors (Lipinski definition) is 3. The number of anilines is 2. The summed E-state index contributed by atoms with van der Waals surface area (Å²) in [5.74, 6) is 0.123. The fourth-order valence-corrected chi connectivity index (χ4v) is 5.58. The van der Waals surface area contributed by atoms with Gasteiger partial charge in [-0.25, -0.2) is 12.8 Å². The molecule has 0 radical (unpaired) electrons. The van der Waals surface area contributed by atoms with Crippen molar-refractivity contribution in [1.29, 1.82) is 0 Å². The van der Waals surface area contributed by atoms with Crippen LogP contribution in [0.4, 0.5) is 15.8 Å². The van der Waals surface area contributed by atoms with Crippen LogP contribution < -0.4 is 20.3 Å². The molecule has 3 N–H and O–H groups in total. The molecule has 0 aliphatic heterocycles. The largest absolute Gasteiger partial charge is 0.348 e. The summed E-state index contributed by atoms with van der Waals surface area (Å²) in [6.45, 7) is 4.47. The van der Waals surface area contributed by atoms with Crippen LogP contribution in [-0.2, 0) is 21.2 Å². The summed E-state index contributed by atoms with van der Waals surface area (Å²) in [6, 6.07) is 19.5. The molecule has 45 heavy (non-hydrogen) atoms. The molecule has 1 saturated carbocycles. The van der Waals surface area contributed by atoms with Crippen LogP contribution in [0, 0.1) is 17.7 Å². The van der Waals surface area contributed by atoms with Crippen molar-refractivity contribution in [2.24, 2.45) is 11.8 Å². The molecule has 10 heteroatoms. The van der Waals surface area contributed by atoms with E-state index in [1.54, 1.807) is 18.2 Å². The first-order chi connectivity index (χ1) is 21.4. The lowest BCUT2D eigenvalue weighted by atomic mass is 10.0. The highest BCUT2D eigenvalue weighted by atomic mass is 32.2. The van der Waals surface area contributed by atoms with Crippen LogP contribution in [0.5, 0.6) is 0 Å². The highest BCUT2D eigenvalue weighted by Gasteiger charge is 2.29. The molecule has 1 aliphatic carbocycles. The van der Waals surface area contributed by atoms with Gasteiger partial charge in [0.2, 0.25) is 15.9 Å². The molecule has 1 fully saturated rings. The van der Waals surface area contributed by atoms with E-state index in [-0.39, 0.29) is 23.7 Å². The SMILES string of the molecule is CCC[C@H](NC[C@H](Cc1ccccc1)NC(=O)c1cc(C=C[C@H]2C[C@@H]2C)cc(N(C)S(C)(=O)=O)c1)C(=O)Nc1ccc(F)cc1. The molecule has 0 heterocycles. The van der Waals surface area contributed by atoms with Gasteiger partial charge in [0, 0.05) is 30.9 Å². The number of nitrogens with one attached hydrogen (secondary N) is 3. The fraction of sp³-hybridized carbons (Fsp3) is 0.371. The minimum Gasteiger partial charge on any atom is -0.348 e. The lowest BCUT2D eigenvalue weighted by Crippen LogP contribution is -2.49. The number of nitrogens with zero attached hydrogens (tertiary/aromatic N) is 1. The quantitative estimate of drug-likeness (QED) is 0.201. The molecule has 0 bridgehead atoms. The maximum Gasteiger partial charge on any atom is 0.251 e. The van der Waals surface area contributed by atoms with Gasteiger partial charge >= 0.3 is 0 Å². The van der Waals surface area contributed by atoms with Gasteiger partial charge in [-0.05, 0) is 84.7 Å². The van der Waals surface area contributed by atoms with Gasteiger partial charge in [0.25, 0.3) is 5.91 Å². The molecule has 4 atom stereocenters. The maximum atomic E-state index is 13.8. The van der Waals surface area contributed by atoms with Gasteiger partial charge in [-0.15, -0.1) is 0 Å². The van der Waals surface area contributed by atoms with Crippen LogP contribution in [0.2, 0.25) is 0 Å². The number of carbonyl (C=O) groups is 2. The van der Waals surface area contributed by atoms with E-state index in [9.17, 15) is 22.4 Å². The number of carbonyl (C=O) groups excluding carboxylic acids is 2. The summed E-state index contributed by atoms with van der Waals surface area (Å²) in [6.07, 6.45) is 8.12. The van der Waals surface area contributed by atoms with Crippen molar-refractivity contribution >= 4 is 39.3 Å². The number of allylic oxidation sites excluding steroid dienone is 1. The van der Waals surface area contributed by atoms with E-state index in [2.05, 4.69) is 29.0 Å². The summed E-state index contributed by atoms with van der Waals surface area (Å²) < 4.78 is 39.2. The van der Waals surface area contributed by atoms with Gasteiger partial charge in [0.15, 0.2) is 0 Å². The molecule has 0 unspecified atom stereocenters. The first-order valence-corrected chi connectivity index (χ1v) is 17.2. The van der Waals surface area contributed by atoms with Crippen LogP contribution >= 0.6 is 0 Å². The minimum atomic E-state index is -3.55. The lowest BCUT2D eigenvalue weighted by Gasteiger charge is -2.24. The number of sulfonamides is 1. The second-order valence-electron chi connectivity index (χ2n) is 11.9. The molecular weight excluding hydrogens is 591 g/mol. The molecule has 2 amide bonds. The van der Waals surface area contributed by atoms with Crippen molar-refractivity contribution in [2.75, 3.05) is 29.5 Å². The van der Waals surface area contributed by atoms with Crippen LogP contribution in [-0.4, -0.2) is 52.2 Å². The van der Waals surface area contributed by atoms with E-state index in [0.29, 0.717) is 48.2 Å². The molecule has 3 aromatic carbocycles. The average molecular weight is 635 g/mol. The second-order valence-corrected chi connectivity index (χ2v) is 13.9. The molecule has 4 rings (SSSR count). The molecular formula is C35H43FN4O4S. The Morgan fingerprint density at radius 2 is 1.76 bits per heavy atom. The number of halogens is 1. The van der Waals surface area contributed by atoms with E-state index < -0.39 is 16.1 Å². The van der Waals surface area contributed by atoms with Crippen molar-refractivity contribution in [3.63, 3.8) is 0 Å². The summed E-state index contributed by atoms with van der Waals surface area (Å²) in [7, 11) is -2.08. The van der Waals surface area contributed by atoms with E-state index in [0.717, 1.165) is 30.2 Å². The molecule has 240 valence electrons. The monoisotopic (exact) mass is 634 g/mol. The summed E-state index contributed by atoms with van der Waals surface area (Å²) >= 11 is 0. The Morgan fingerprint density at radius 1 is 1.07 bits per heavy atom. The van der Waals surface area contributed by atoms with Crippen molar-refractivity contribution in [3.8, 4) is 0 Å². The molecule has 1 aliphatic rings. The Morgan fingerprint density at radius 3 is 2.38 bits per heavy atom. The van der Waals surface area contributed by atoms with Crippen LogP contribution in [0.25, 0.3) is 6.08 Å². The lowest BCUT2D eigenvalue weighted by molar-refractivity contribution is -0.118. The van der Waals surface area contributed by atoms with Gasteiger partial charge in [-0.1, -0.05) is 62.8 Å². The second kappa shape index (κ2) is 15.3. The maximum absolute atomic E-state index is 13.8. The molecule has 0 aromatic heterocycles. The predicted octanol–water partition coefficient (Wildman–Crippen LogP) is 5.63. The zero-order valence-corrected chi connectivity index (χ0v) is 27.1. The molecule has 0 spiro atoms. The Kier molecular flexibility index (Phi) is 11.5. The third-order valence-corrected chi connectivity index (χ3v) is 9.25. The third kappa shape index (κ3) is 10.3. The topological polar surface area (TPSA) is 108 Å². The molecule has 0 saturated heterocycles. The summed E-state index contributed by atoms with van der Waals surface area (Å²) in [4.78, 5) is 26.9. The highest BCUT2D eigenvalue weighted by molar-refractivity contribution is 7.92. The predicted molar refractivity (Wildman–Crippen MR) is 179 cm³/mol. The number of amides is 2. The van der Waals surface area contributed by atoms with Crippen LogP contribution in [0.3, 0.4) is 0 Å². The minimum absolute atomic E-state index is 0.244. The normalized spacial score (nSPS) is 17.4. The Bertz CT molecular complexity index is 1600. The smallest absolute Gasteiger partial charge is 0.251 e. The van der Waals surface area contributed by atoms with Crippen LogP contribution in [0.1, 0.15) is 54.6 Å². The Labute approximate surface area is 266 Å².